The molecule has 2 rings (SSSR count). The minimum atomic E-state index is -0.544. The van der Waals surface area contributed by atoms with E-state index in [2.05, 4.69) is 0 Å². The van der Waals surface area contributed by atoms with Crippen molar-refractivity contribution >= 4 is 17.7 Å². The predicted molar refractivity (Wildman–Crippen MR) is 76.5 cm³/mol. The van der Waals surface area contributed by atoms with Gasteiger partial charge in [-0.15, -0.1) is 0 Å². The first kappa shape index (κ1) is 13.7. The standard InChI is InChI=1S/C15H16ClNO2/c1-15(2,3)19-14(18)17-10-12(9-13(17)16)11-7-5-4-6-8-11/h4-10H,1-3H3. The van der Waals surface area contributed by atoms with Crippen LogP contribution in [0.5, 0.6) is 0 Å². The third-order valence-corrected chi connectivity index (χ3v) is 2.76. The zero-order valence-corrected chi connectivity index (χ0v) is 11.9. The molecule has 100 valence electrons. The molecule has 0 aliphatic carbocycles. The zero-order chi connectivity index (χ0) is 14.0. The molecule has 3 nitrogen and oxygen atoms in total. The molecule has 0 atom stereocenters. The number of carbonyl (C=O) groups excluding carboxylic acids is 1. The lowest BCUT2D eigenvalue weighted by Gasteiger charge is -2.19. The smallest absolute Gasteiger partial charge is 0.419 e. The van der Waals surface area contributed by atoms with E-state index in [4.69, 9.17) is 16.3 Å². The Morgan fingerprint density at radius 1 is 1.16 bits per heavy atom. The molecule has 0 aliphatic heterocycles. The molecule has 0 saturated carbocycles. The van der Waals surface area contributed by atoms with E-state index in [1.54, 1.807) is 12.3 Å². The van der Waals surface area contributed by atoms with E-state index in [-0.39, 0.29) is 0 Å². The quantitative estimate of drug-likeness (QED) is 0.763. The Labute approximate surface area is 117 Å². The van der Waals surface area contributed by atoms with Crippen molar-refractivity contribution in [2.45, 2.75) is 26.4 Å². The summed E-state index contributed by atoms with van der Waals surface area (Å²) < 4.78 is 6.61. The second kappa shape index (κ2) is 5.10. The van der Waals surface area contributed by atoms with Gasteiger partial charge >= 0.3 is 6.09 Å². The van der Waals surface area contributed by atoms with Gasteiger partial charge in [-0.05, 0) is 32.4 Å². The first-order valence-electron chi connectivity index (χ1n) is 6.03. The van der Waals surface area contributed by atoms with Gasteiger partial charge in [0, 0.05) is 11.8 Å². The van der Waals surface area contributed by atoms with E-state index in [0.717, 1.165) is 11.1 Å². The lowest BCUT2D eigenvalue weighted by molar-refractivity contribution is 0.0538. The number of aromatic nitrogens is 1. The van der Waals surface area contributed by atoms with Gasteiger partial charge in [0.25, 0.3) is 0 Å². The van der Waals surface area contributed by atoms with Crippen LogP contribution in [-0.4, -0.2) is 16.3 Å². The third-order valence-electron chi connectivity index (χ3n) is 2.47. The number of carbonyl (C=O) groups is 1. The van der Waals surface area contributed by atoms with Crippen LogP contribution in [0.1, 0.15) is 20.8 Å². The van der Waals surface area contributed by atoms with Gasteiger partial charge in [0.15, 0.2) is 0 Å². The molecule has 0 spiro atoms. The molecular weight excluding hydrogens is 262 g/mol. The lowest BCUT2D eigenvalue weighted by atomic mass is 10.1. The Kier molecular flexibility index (Phi) is 3.67. The van der Waals surface area contributed by atoms with E-state index in [1.165, 1.54) is 4.57 Å². The zero-order valence-electron chi connectivity index (χ0n) is 11.2. The van der Waals surface area contributed by atoms with E-state index < -0.39 is 11.7 Å². The Bertz CT molecular complexity index is 582. The summed E-state index contributed by atoms with van der Waals surface area (Å²) in [4.78, 5) is 12.0. The van der Waals surface area contributed by atoms with Crippen LogP contribution in [0.15, 0.2) is 42.6 Å². The van der Waals surface area contributed by atoms with Crippen LogP contribution in [0.25, 0.3) is 11.1 Å². The van der Waals surface area contributed by atoms with Gasteiger partial charge < -0.3 is 4.74 Å². The fourth-order valence-corrected chi connectivity index (χ4v) is 1.91. The predicted octanol–water partition coefficient (Wildman–Crippen LogP) is 4.59. The van der Waals surface area contributed by atoms with Gasteiger partial charge in [0.1, 0.15) is 10.8 Å². The van der Waals surface area contributed by atoms with Crippen molar-refractivity contribution in [3.8, 4) is 11.1 Å². The highest BCUT2D eigenvalue weighted by molar-refractivity contribution is 6.30. The monoisotopic (exact) mass is 277 g/mol. The minimum Gasteiger partial charge on any atom is -0.443 e. The molecule has 1 aromatic carbocycles. The molecule has 0 amide bonds. The summed E-state index contributed by atoms with van der Waals surface area (Å²) in [5, 5.41) is 0.341. The molecule has 19 heavy (non-hydrogen) atoms. The number of benzene rings is 1. The van der Waals surface area contributed by atoms with Crippen molar-refractivity contribution in [2.75, 3.05) is 0 Å². The minimum absolute atomic E-state index is 0.341. The van der Waals surface area contributed by atoms with E-state index in [9.17, 15) is 4.79 Å². The molecule has 0 bridgehead atoms. The fourth-order valence-electron chi connectivity index (χ4n) is 1.68. The largest absolute Gasteiger partial charge is 0.443 e. The SMILES string of the molecule is CC(C)(C)OC(=O)n1cc(-c2ccccc2)cc1Cl. The Hall–Kier alpha value is -1.74. The molecular formula is C15H16ClNO2. The highest BCUT2D eigenvalue weighted by Crippen LogP contribution is 2.25. The van der Waals surface area contributed by atoms with E-state index >= 15 is 0 Å². The van der Waals surface area contributed by atoms with Crippen LogP contribution in [-0.2, 0) is 4.74 Å². The summed E-state index contributed by atoms with van der Waals surface area (Å²) in [6, 6.07) is 11.5. The number of ether oxygens (including phenoxy) is 1. The van der Waals surface area contributed by atoms with Crippen LogP contribution >= 0.6 is 11.6 Å². The Morgan fingerprint density at radius 2 is 1.79 bits per heavy atom. The molecule has 0 radical (unpaired) electrons. The second-order valence-electron chi connectivity index (χ2n) is 5.27. The van der Waals surface area contributed by atoms with Crippen molar-refractivity contribution in [1.82, 2.24) is 4.57 Å². The summed E-state index contributed by atoms with van der Waals surface area (Å²) in [6.45, 7) is 5.46. The summed E-state index contributed by atoms with van der Waals surface area (Å²) >= 11 is 6.08. The Morgan fingerprint density at radius 3 is 2.37 bits per heavy atom. The molecule has 2 aromatic rings. The van der Waals surface area contributed by atoms with Crippen molar-refractivity contribution in [1.29, 1.82) is 0 Å². The molecule has 4 heteroatoms. The number of nitrogens with zero attached hydrogens (tertiary/aromatic N) is 1. The number of rotatable bonds is 1. The number of hydrogen-bond donors (Lipinski definition) is 0. The van der Waals surface area contributed by atoms with Crippen LogP contribution in [0.3, 0.4) is 0 Å². The second-order valence-corrected chi connectivity index (χ2v) is 5.66. The van der Waals surface area contributed by atoms with Gasteiger partial charge in [-0.2, -0.15) is 0 Å². The van der Waals surface area contributed by atoms with Gasteiger partial charge in [0.05, 0.1) is 0 Å². The van der Waals surface area contributed by atoms with Crippen molar-refractivity contribution in [3.63, 3.8) is 0 Å². The van der Waals surface area contributed by atoms with E-state index in [1.807, 2.05) is 51.1 Å². The summed E-state index contributed by atoms with van der Waals surface area (Å²) in [7, 11) is 0. The third kappa shape index (κ3) is 3.38. The molecule has 1 aromatic heterocycles. The highest BCUT2D eigenvalue weighted by Gasteiger charge is 2.20. The topological polar surface area (TPSA) is 31.2 Å². The normalized spacial score (nSPS) is 11.4. The molecule has 0 fully saturated rings. The van der Waals surface area contributed by atoms with Gasteiger partial charge in [-0.3, -0.25) is 0 Å². The van der Waals surface area contributed by atoms with Crippen molar-refractivity contribution in [3.05, 3.63) is 47.7 Å². The van der Waals surface area contributed by atoms with Crippen molar-refractivity contribution < 1.29 is 9.53 Å². The maximum atomic E-state index is 12.0. The van der Waals surface area contributed by atoms with Crippen LogP contribution in [0, 0.1) is 0 Å². The van der Waals surface area contributed by atoms with Gasteiger partial charge in [0.2, 0.25) is 0 Å². The molecule has 0 unspecified atom stereocenters. The lowest BCUT2D eigenvalue weighted by Crippen LogP contribution is -2.26. The summed E-state index contributed by atoms with van der Waals surface area (Å²) in [5.41, 5.74) is 1.35. The molecule has 0 N–H and O–H groups in total. The summed E-state index contributed by atoms with van der Waals surface area (Å²) in [5.74, 6) is 0. The first-order chi connectivity index (χ1) is 8.87. The Balaban J connectivity index is 2.30. The van der Waals surface area contributed by atoms with Crippen LogP contribution in [0.2, 0.25) is 5.15 Å². The highest BCUT2D eigenvalue weighted by atomic mass is 35.5. The molecule has 0 saturated heterocycles. The fraction of sp³-hybridized carbons (Fsp3) is 0.267. The maximum Gasteiger partial charge on any atom is 0.419 e. The average molecular weight is 278 g/mol. The average Bonchev–Trinajstić information content (AvgIpc) is 2.70. The number of hydrogen-bond acceptors (Lipinski definition) is 2. The number of halogens is 1. The van der Waals surface area contributed by atoms with Gasteiger partial charge in [-0.1, -0.05) is 41.9 Å². The molecule has 0 aliphatic rings. The maximum absolute atomic E-state index is 12.0. The van der Waals surface area contributed by atoms with Gasteiger partial charge in [-0.25, -0.2) is 9.36 Å². The first-order valence-corrected chi connectivity index (χ1v) is 6.41. The van der Waals surface area contributed by atoms with Crippen LogP contribution in [0.4, 0.5) is 4.79 Å². The van der Waals surface area contributed by atoms with Crippen molar-refractivity contribution in [2.24, 2.45) is 0 Å². The summed E-state index contributed by atoms with van der Waals surface area (Å²) in [6.07, 6.45) is 1.21. The van der Waals surface area contributed by atoms with Crippen LogP contribution < -0.4 is 0 Å². The van der Waals surface area contributed by atoms with E-state index in [0.29, 0.717) is 5.15 Å². The molecule has 1 heterocycles.